The van der Waals surface area contributed by atoms with Gasteiger partial charge in [0.05, 0.1) is 21.8 Å². The first-order valence-electron chi connectivity index (χ1n) is 10.7. The Morgan fingerprint density at radius 3 is 2.50 bits per heavy atom. The van der Waals surface area contributed by atoms with E-state index in [2.05, 4.69) is 26.2 Å². The van der Waals surface area contributed by atoms with Crippen LogP contribution in [0.1, 0.15) is 61.3 Å². The molecule has 3 heterocycles. The van der Waals surface area contributed by atoms with Gasteiger partial charge in [-0.1, -0.05) is 6.07 Å². The normalized spacial score (nSPS) is 15.8. The van der Waals surface area contributed by atoms with Crippen LogP contribution in [-0.2, 0) is 4.74 Å². The van der Waals surface area contributed by atoms with Crippen LogP contribution < -0.4 is 10.1 Å². The van der Waals surface area contributed by atoms with Gasteiger partial charge in [-0.25, -0.2) is 9.78 Å². The van der Waals surface area contributed by atoms with E-state index in [1.807, 2.05) is 39.0 Å². The Morgan fingerprint density at radius 1 is 1.25 bits per heavy atom. The largest absolute Gasteiger partial charge is 0.481 e. The third-order valence-electron chi connectivity index (χ3n) is 5.31. The fraction of sp³-hybridized carbons (Fsp3) is 0.522. The number of nitrogens with one attached hydrogen (secondary N) is 1. The highest BCUT2D eigenvalue weighted by Gasteiger charge is 2.29. The van der Waals surface area contributed by atoms with E-state index in [0.717, 1.165) is 28.6 Å². The molecular weight excluding hydrogens is 494 g/mol. The number of halogens is 1. The minimum atomic E-state index is -0.499. The SMILES string of the molecule is COc1ccc([C@H](CC2CCN(C(=O)OC(C)(C)C)CC2)NC(=O)c2ccc(Br)s2)cn1. The maximum atomic E-state index is 12.8. The van der Waals surface area contributed by atoms with Gasteiger partial charge in [0.15, 0.2) is 0 Å². The average Bonchev–Trinajstić information content (AvgIpc) is 3.19. The molecule has 7 nitrogen and oxygen atoms in total. The molecule has 3 rings (SSSR count). The highest BCUT2D eigenvalue weighted by Crippen LogP contribution is 2.30. The zero-order valence-electron chi connectivity index (χ0n) is 18.9. The zero-order chi connectivity index (χ0) is 23.3. The Labute approximate surface area is 201 Å². The molecule has 0 radical (unpaired) electrons. The van der Waals surface area contributed by atoms with E-state index in [1.165, 1.54) is 11.3 Å². The number of likely N-dealkylation sites (tertiary alicyclic amines) is 1. The monoisotopic (exact) mass is 523 g/mol. The lowest BCUT2D eigenvalue weighted by Crippen LogP contribution is -2.42. The highest BCUT2D eigenvalue weighted by atomic mass is 79.9. The van der Waals surface area contributed by atoms with E-state index < -0.39 is 5.60 Å². The molecular formula is C23H30BrN3O4S. The first-order chi connectivity index (χ1) is 15.1. The number of thiophene rings is 1. The quantitative estimate of drug-likeness (QED) is 0.546. The maximum absolute atomic E-state index is 12.8. The van der Waals surface area contributed by atoms with Crippen LogP contribution in [0.25, 0.3) is 0 Å². The summed E-state index contributed by atoms with van der Waals surface area (Å²) in [6, 6.07) is 7.25. The van der Waals surface area contributed by atoms with Crippen LogP contribution in [-0.4, -0.2) is 47.7 Å². The summed E-state index contributed by atoms with van der Waals surface area (Å²) in [5.41, 5.74) is 0.436. The summed E-state index contributed by atoms with van der Waals surface area (Å²) < 4.78 is 11.6. The van der Waals surface area contributed by atoms with Gasteiger partial charge in [-0.15, -0.1) is 11.3 Å². The third kappa shape index (κ3) is 6.93. The number of hydrogen-bond donors (Lipinski definition) is 1. The summed E-state index contributed by atoms with van der Waals surface area (Å²) in [6.07, 6.45) is 3.99. The molecule has 0 spiro atoms. The molecule has 1 saturated heterocycles. The summed E-state index contributed by atoms with van der Waals surface area (Å²) in [5, 5.41) is 3.18. The molecule has 1 fully saturated rings. The van der Waals surface area contributed by atoms with Crippen LogP contribution in [0.3, 0.4) is 0 Å². The van der Waals surface area contributed by atoms with Gasteiger partial charge < -0.3 is 19.7 Å². The Hall–Kier alpha value is -2.13. The molecule has 0 aliphatic carbocycles. The molecule has 0 bridgehead atoms. The number of aromatic nitrogens is 1. The summed E-state index contributed by atoms with van der Waals surface area (Å²) in [6.45, 7) is 6.93. The molecule has 2 aromatic heterocycles. The van der Waals surface area contributed by atoms with Gasteiger partial charge in [-0.05, 0) is 79.6 Å². The Morgan fingerprint density at radius 2 is 1.97 bits per heavy atom. The van der Waals surface area contributed by atoms with Crippen LogP contribution in [0.5, 0.6) is 5.88 Å². The minimum absolute atomic E-state index is 0.104. The number of hydrogen-bond acceptors (Lipinski definition) is 6. The highest BCUT2D eigenvalue weighted by molar-refractivity contribution is 9.11. The minimum Gasteiger partial charge on any atom is -0.481 e. The topological polar surface area (TPSA) is 80.8 Å². The van der Waals surface area contributed by atoms with Crippen LogP contribution >= 0.6 is 27.3 Å². The second-order valence-electron chi connectivity index (χ2n) is 8.91. The Bertz CT molecular complexity index is 918. The number of amides is 2. The molecule has 1 aliphatic rings. The van der Waals surface area contributed by atoms with Crippen LogP contribution in [0.2, 0.25) is 0 Å². The van der Waals surface area contributed by atoms with Gasteiger partial charge in [0.25, 0.3) is 5.91 Å². The number of methoxy groups -OCH3 is 1. The van der Waals surface area contributed by atoms with Crippen molar-refractivity contribution in [1.82, 2.24) is 15.2 Å². The Balaban J connectivity index is 1.66. The molecule has 32 heavy (non-hydrogen) atoms. The number of nitrogens with zero attached hydrogens (tertiary/aromatic N) is 2. The molecule has 2 amide bonds. The number of carbonyl (C=O) groups is 2. The van der Waals surface area contributed by atoms with E-state index in [-0.39, 0.29) is 18.0 Å². The summed E-state index contributed by atoms with van der Waals surface area (Å²) in [5.74, 6) is 0.801. The number of piperidine rings is 1. The molecule has 1 aliphatic heterocycles. The van der Waals surface area contributed by atoms with Gasteiger partial charge in [-0.3, -0.25) is 4.79 Å². The van der Waals surface area contributed by atoms with Crippen molar-refractivity contribution in [2.24, 2.45) is 5.92 Å². The molecule has 9 heteroatoms. The average molecular weight is 524 g/mol. The van der Waals surface area contributed by atoms with Crippen molar-refractivity contribution in [2.75, 3.05) is 20.2 Å². The standard InChI is InChI=1S/C23H30BrN3O4S/c1-23(2,3)31-22(29)27-11-9-15(10-12-27)13-17(16-5-8-20(30-4)25-14-16)26-21(28)18-6-7-19(24)32-18/h5-8,14-15,17H,9-13H2,1-4H3,(H,26,28)/t17-/m0/s1. The zero-order valence-corrected chi connectivity index (χ0v) is 21.3. The van der Waals surface area contributed by atoms with E-state index >= 15 is 0 Å². The molecule has 1 atom stereocenters. The lowest BCUT2D eigenvalue weighted by atomic mass is 9.88. The van der Waals surface area contributed by atoms with Crippen LogP contribution in [0, 0.1) is 5.92 Å². The maximum Gasteiger partial charge on any atom is 0.410 e. The Kier molecular flexibility index (Phi) is 8.16. The smallest absolute Gasteiger partial charge is 0.410 e. The third-order valence-corrected chi connectivity index (χ3v) is 6.93. The predicted molar refractivity (Wildman–Crippen MR) is 128 cm³/mol. The molecule has 0 aromatic carbocycles. The summed E-state index contributed by atoms with van der Waals surface area (Å²) in [4.78, 5) is 31.9. The fourth-order valence-corrected chi connectivity index (χ4v) is 4.96. The summed E-state index contributed by atoms with van der Waals surface area (Å²) >= 11 is 4.82. The molecule has 174 valence electrons. The van der Waals surface area contributed by atoms with Gasteiger partial charge in [0.2, 0.25) is 5.88 Å². The van der Waals surface area contributed by atoms with Crippen molar-refractivity contribution in [2.45, 2.75) is 51.7 Å². The van der Waals surface area contributed by atoms with Crippen LogP contribution in [0.4, 0.5) is 4.79 Å². The van der Waals surface area contributed by atoms with Gasteiger partial charge >= 0.3 is 6.09 Å². The van der Waals surface area contributed by atoms with Gasteiger partial charge in [0, 0.05) is 25.4 Å². The molecule has 0 unspecified atom stereocenters. The second-order valence-corrected chi connectivity index (χ2v) is 11.4. The lowest BCUT2D eigenvalue weighted by molar-refractivity contribution is 0.0178. The first kappa shape index (κ1) is 24.5. The van der Waals surface area contributed by atoms with Crippen molar-refractivity contribution < 1.29 is 19.1 Å². The van der Waals surface area contributed by atoms with Crippen molar-refractivity contribution in [3.8, 4) is 5.88 Å². The number of ether oxygens (including phenoxy) is 2. The molecule has 1 N–H and O–H groups in total. The van der Waals surface area contributed by atoms with Crippen molar-refractivity contribution in [3.63, 3.8) is 0 Å². The number of carbonyl (C=O) groups excluding carboxylic acids is 2. The van der Waals surface area contributed by atoms with E-state index in [4.69, 9.17) is 9.47 Å². The lowest BCUT2D eigenvalue weighted by Gasteiger charge is -2.34. The molecule has 2 aromatic rings. The number of pyridine rings is 1. The van der Waals surface area contributed by atoms with Crippen molar-refractivity contribution in [1.29, 1.82) is 0 Å². The predicted octanol–water partition coefficient (Wildman–Crippen LogP) is 5.42. The van der Waals surface area contributed by atoms with Crippen LogP contribution in [0.15, 0.2) is 34.2 Å². The summed E-state index contributed by atoms with van der Waals surface area (Å²) in [7, 11) is 1.58. The van der Waals surface area contributed by atoms with E-state index in [9.17, 15) is 9.59 Å². The van der Waals surface area contributed by atoms with Gasteiger partial charge in [-0.2, -0.15) is 0 Å². The van der Waals surface area contributed by atoms with E-state index in [0.29, 0.717) is 29.8 Å². The van der Waals surface area contributed by atoms with Crippen molar-refractivity contribution in [3.05, 3.63) is 44.7 Å². The fourth-order valence-electron chi connectivity index (χ4n) is 3.67. The molecule has 0 saturated carbocycles. The van der Waals surface area contributed by atoms with E-state index in [1.54, 1.807) is 24.3 Å². The van der Waals surface area contributed by atoms with Crippen molar-refractivity contribution >= 4 is 39.3 Å². The second kappa shape index (κ2) is 10.7. The number of rotatable bonds is 6. The van der Waals surface area contributed by atoms with Gasteiger partial charge in [0.1, 0.15) is 5.60 Å². The first-order valence-corrected chi connectivity index (χ1v) is 12.3.